The molecule has 17 heavy (non-hydrogen) atoms. The second-order valence-corrected chi connectivity index (χ2v) is 4.65. The van der Waals surface area contributed by atoms with Crippen LogP contribution in [0.4, 0.5) is 6.01 Å². The number of anilines is 1. The first-order valence-electron chi connectivity index (χ1n) is 5.60. The van der Waals surface area contributed by atoms with E-state index in [9.17, 15) is 0 Å². The first kappa shape index (κ1) is 12.2. The van der Waals surface area contributed by atoms with E-state index in [1.165, 1.54) is 0 Å². The minimum atomic E-state index is 0.557. The highest BCUT2D eigenvalue weighted by molar-refractivity contribution is 6.31. The lowest BCUT2D eigenvalue weighted by atomic mass is 10.3. The van der Waals surface area contributed by atoms with Gasteiger partial charge in [0, 0.05) is 11.6 Å². The van der Waals surface area contributed by atoms with Gasteiger partial charge in [0.1, 0.15) is 5.52 Å². The molecule has 0 atom stereocenters. The highest BCUT2D eigenvalue weighted by Gasteiger charge is 2.05. The van der Waals surface area contributed by atoms with Crippen molar-refractivity contribution in [2.45, 2.75) is 6.42 Å². The Morgan fingerprint density at radius 3 is 3.00 bits per heavy atom. The van der Waals surface area contributed by atoms with E-state index in [0.717, 1.165) is 30.6 Å². The molecule has 0 spiro atoms. The van der Waals surface area contributed by atoms with E-state index in [-0.39, 0.29) is 0 Å². The maximum absolute atomic E-state index is 5.88. The Balaban J connectivity index is 1.95. The molecule has 4 nitrogen and oxygen atoms in total. The number of nitrogens with one attached hydrogen (secondary N) is 1. The molecular formula is C12H16ClN3O. The van der Waals surface area contributed by atoms with Crippen LogP contribution in [0.5, 0.6) is 0 Å². The number of hydrogen-bond acceptors (Lipinski definition) is 4. The molecule has 1 heterocycles. The third-order valence-electron chi connectivity index (χ3n) is 2.41. The number of oxazole rings is 1. The second kappa shape index (κ2) is 5.38. The molecule has 0 aliphatic rings. The Bertz CT molecular complexity index is 495. The van der Waals surface area contributed by atoms with Crippen LogP contribution in [-0.4, -0.2) is 37.1 Å². The average Bonchev–Trinajstić information content (AvgIpc) is 2.66. The van der Waals surface area contributed by atoms with E-state index < -0.39 is 0 Å². The van der Waals surface area contributed by atoms with Crippen LogP contribution >= 0.6 is 11.6 Å². The van der Waals surface area contributed by atoms with Crippen LogP contribution in [0.25, 0.3) is 11.1 Å². The summed E-state index contributed by atoms with van der Waals surface area (Å²) in [6.07, 6.45) is 1.05. The molecule has 1 aromatic heterocycles. The summed E-state index contributed by atoms with van der Waals surface area (Å²) in [6, 6.07) is 5.98. The SMILES string of the molecule is CN(C)CCCNc1nc2cc(Cl)ccc2o1. The Hall–Kier alpha value is -1.26. The summed E-state index contributed by atoms with van der Waals surface area (Å²) >= 11 is 5.88. The maximum atomic E-state index is 5.88. The van der Waals surface area contributed by atoms with E-state index in [4.69, 9.17) is 16.0 Å². The molecule has 0 fully saturated rings. The van der Waals surface area contributed by atoms with Crippen molar-refractivity contribution in [3.8, 4) is 0 Å². The minimum absolute atomic E-state index is 0.557. The van der Waals surface area contributed by atoms with Crippen molar-refractivity contribution < 1.29 is 4.42 Å². The third-order valence-corrected chi connectivity index (χ3v) is 2.64. The molecular weight excluding hydrogens is 238 g/mol. The molecule has 0 amide bonds. The minimum Gasteiger partial charge on any atom is -0.424 e. The van der Waals surface area contributed by atoms with Crippen LogP contribution < -0.4 is 5.32 Å². The lowest BCUT2D eigenvalue weighted by molar-refractivity contribution is 0.404. The van der Waals surface area contributed by atoms with Crippen LogP contribution in [0.1, 0.15) is 6.42 Å². The predicted molar refractivity (Wildman–Crippen MR) is 70.7 cm³/mol. The van der Waals surface area contributed by atoms with Crippen molar-refractivity contribution in [2.75, 3.05) is 32.5 Å². The van der Waals surface area contributed by atoms with Crippen LogP contribution in [0.3, 0.4) is 0 Å². The second-order valence-electron chi connectivity index (χ2n) is 4.21. The molecule has 1 aromatic carbocycles. The number of hydrogen-bond donors (Lipinski definition) is 1. The normalized spacial score (nSPS) is 11.3. The van der Waals surface area contributed by atoms with Gasteiger partial charge < -0.3 is 14.6 Å². The van der Waals surface area contributed by atoms with E-state index in [2.05, 4.69) is 29.3 Å². The fourth-order valence-electron chi connectivity index (χ4n) is 1.57. The predicted octanol–water partition coefficient (Wildman–Crippen LogP) is 2.84. The smallest absolute Gasteiger partial charge is 0.295 e. The molecule has 92 valence electrons. The van der Waals surface area contributed by atoms with Crippen LogP contribution in [-0.2, 0) is 0 Å². The largest absolute Gasteiger partial charge is 0.424 e. The number of fused-ring (bicyclic) bond motifs is 1. The van der Waals surface area contributed by atoms with Crippen molar-refractivity contribution in [1.29, 1.82) is 0 Å². The summed E-state index contributed by atoms with van der Waals surface area (Å²) < 4.78 is 5.54. The molecule has 0 unspecified atom stereocenters. The van der Waals surface area contributed by atoms with Crippen molar-refractivity contribution in [2.24, 2.45) is 0 Å². The van der Waals surface area contributed by atoms with Gasteiger partial charge in [0.25, 0.3) is 6.01 Å². The lowest BCUT2D eigenvalue weighted by Crippen LogP contribution is -2.16. The third kappa shape index (κ3) is 3.35. The van der Waals surface area contributed by atoms with Gasteiger partial charge in [0.05, 0.1) is 0 Å². The molecule has 0 aliphatic carbocycles. The monoisotopic (exact) mass is 253 g/mol. The molecule has 0 saturated heterocycles. The number of halogens is 1. The zero-order chi connectivity index (χ0) is 12.3. The van der Waals surface area contributed by atoms with Crippen molar-refractivity contribution in [3.63, 3.8) is 0 Å². The van der Waals surface area contributed by atoms with Crippen molar-refractivity contribution in [1.82, 2.24) is 9.88 Å². The van der Waals surface area contributed by atoms with Gasteiger partial charge in [-0.15, -0.1) is 0 Å². The highest BCUT2D eigenvalue weighted by Crippen LogP contribution is 2.22. The molecule has 0 radical (unpaired) electrons. The number of benzene rings is 1. The van der Waals surface area contributed by atoms with Gasteiger partial charge >= 0.3 is 0 Å². The fraction of sp³-hybridized carbons (Fsp3) is 0.417. The van der Waals surface area contributed by atoms with Gasteiger partial charge in [0.15, 0.2) is 5.58 Å². The zero-order valence-electron chi connectivity index (χ0n) is 10.0. The molecule has 1 N–H and O–H groups in total. The molecule has 5 heteroatoms. The van der Waals surface area contributed by atoms with Gasteiger partial charge in [-0.2, -0.15) is 4.98 Å². The van der Waals surface area contributed by atoms with Gasteiger partial charge in [-0.1, -0.05) is 11.6 Å². The average molecular weight is 254 g/mol. The molecule has 2 aromatic rings. The molecule has 0 bridgehead atoms. The first-order valence-corrected chi connectivity index (χ1v) is 5.97. The van der Waals surface area contributed by atoms with E-state index >= 15 is 0 Å². The Kier molecular flexibility index (Phi) is 3.86. The van der Waals surface area contributed by atoms with Gasteiger partial charge in [-0.25, -0.2) is 0 Å². The van der Waals surface area contributed by atoms with Gasteiger partial charge in [0.2, 0.25) is 0 Å². The summed E-state index contributed by atoms with van der Waals surface area (Å²) in [5.41, 5.74) is 1.54. The van der Waals surface area contributed by atoms with Crippen molar-refractivity contribution >= 4 is 28.7 Å². The quantitative estimate of drug-likeness (QED) is 0.832. The Morgan fingerprint density at radius 2 is 2.24 bits per heavy atom. The van der Waals surface area contributed by atoms with Crippen LogP contribution in [0.15, 0.2) is 22.6 Å². The van der Waals surface area contributed by atoms with E-state index in [1.54, 1.807) is 12.1 Å². The lowest BCUT2D eigenvalue weighted by Gasteiger charge is -2.08. The molecule has 0 saturated carbocycles. The Morgan fingerprint density at radius 1 is 1.41 bits per heavy atom. The van der Waals surface area contributed by atoms with Crippen LogP contribution in [0, 0.1) is 0 Å². The molecule has 0 aliphatic heterocycles. The first-order chi connectivity index (χ1) is 8.15. The summed E-state index contributed by atoms with van der Waals surface area (Å²) in [5, 5.41) is 3.83. The summed E-state index contributed by atoms with van der Waals surface area (Å²) in [7, 11) is 4.11. The van der Waals surface area contributed by atoms with Crippen LogP contribution in [0.2, 0.25) is 5.02 Å². The number of nitrogens with zero attached hydrogens (tertiary/aromatic N) is 2. The fourth-order valence-corrected chi connectivity index (χ4v) is 1.73. The molecule has 2 rings (SSSR count). The number of aromatic nitrogens is 1. The summed E-state index contributed by atoms with van der Waals surface area (Å²) in [4.78, 5) is 6.46. The van der Waals surface area contributed by atoms with E-state index in [0.29, 0.717) is 11.0 Å². The highest BCUT2D eigenvalue weighted by atomic mass is 35.5. The summed E-state index contributed by atoms with van der Waals surface area (Å²) in [6.45, 7) is 1.89. The maximum Gasteiger partial charge on any atom is 0.295 e. The number of rotatable bonds is 5. The topological polar surface area (TPSA) is 41.3 Å². The summed E-state index contributed by atoms with van der Waals surface area (Å²) in [5.74, 6) is 0. The standard InChI is InChI=1S/C12H16ClN3O/c1-16(2)7-3-6-14-12-15-10-8-9(13)4-5-11(10)17-12/h4-5,8H,3,6-7H2,1-2H3,(H,14,15). The van der Waals surface area contributed by atoms with E-state index in [1.807, 2.05) is 6.07 Å². The zero-order valence-corrected chi connectivity index (χ0v) is 10.8. The Labute approximate surface area is 106 Å². The van der Waals surface area contributed by atoms with Crippen molar-refractivity contribution in [3.05, 3.63) is 23.2 Å². The van der Waals surface area contributed by atoms with Gasteiger partial charge in [-0.05, 0) is 45.3 Å². The van der Waals surface area contributed by atoms with Gasteiger partial charge in [-0.3, -0.25) is 0 Å².